The minimum absolute atomic E-state index is 0. The first kappa shape index (κ1) is 17.5. The van der Waals surface area contributed by atoms with Crippen molar-refractivity contribution in [1.82, 2.24) is 20.3 Å². The average Bonchev–Trinajstić information content (AvgIpc) is 2.96. The van der Waals surface area contributed by atoms with Gasteiger partial charge in [0.2, 0.25) is 0 Å². The van der Waals surface area contributed by atoms with Gasteiger partial charge in [0.15, 0.2) is 5.96 Å². The summed E-state index contributed by atoms with van der Waals surface area (Å²) in [5, 5.41) is 7.51. The summed E-state index contributed by atoms with van der Waals surface area (Å²) in [5.74, 6) is 1.91. The van der Waals surface area contributed by atoms with Gasteiger partial charge in [-0.05, 0) is 18.8 Å². The highest BCUT2D eigenvalue weighted by molar-refractivity contribution is 14.0. The third-order valence-electron chi connectivity index (χ3n) is 4.53. The summed E-state index contributed by atoms with van der Waals surface area (Å²) in [6.07, 6.45) is 5.77. The molecule has 0 radical (unpaired) electrons. The van der Waals surface area contributed by atoms with E-state index >= 15 is 0 Å². The van der Waals surface area contributed by atoms with Crippen LogP contribution in [0.4, 0.5) is 0 Å². The van der Waals surface area contributed by atoms with Gasteiger partial charge >= 0.3 is 0 Å². The number of nitrogens with one attached hydrogen (secondary N) is 1. The van der Waals surface area contributed by atoms with Crippen LogP contribution in [-0.4, -0.2) is 60.7 Å². The summed E-state index contributed by atoms with van der Waals surface area (Å²) >= 11 is 0. The Kier molecular flexibility index (Phi) is 6.94. The van der Waals surface area contributed by atoms with E-state index in [9.17, 15) is 0 Å². The van der Waals surface area contributed by atoms with Crippen LogP contribution in [0.2, 0.25) is 0 Å². The lowest BCUT2D eigenvalue weighted by atomic mass is 9.85. The van der Waals surface area contributed by atoms with Crippen LogP contribution >= 0.6 is 24.0 Å². The Balaban J connectivity index is 0.00000176. The van der Waals surface area contributed by atoms with Gasteiger partial charge in [0, 0.05) is 52.4 Å². The zero-order valence-corrected chi connectivity index (χ0v) is 15.5. The highest BCUT2D eigenvalue weighted by Gasteiger charge is 2.22. The number of piperazine rings is 1. The van der Waals surface area contributed by atoms with Crippen LogP contribution in [0.25, 0.3) is 0 Å². The maximum Gasteiger partial charge on any atom is 0.193 e. The van der Waals surface area contributed by atoms with E-state index in [2.05, 4.69) is 25.3 Å². The second-order valence-corrected chi connectivity index (χ2v) is 5.98. The topological polar surface area (TPSA) is 56.9 Å². The summed E-state index contributed by atoms with van der Waals surface area (Å²) in [7, 11) is 1.88. The van der Waals surface area contributed by atoms with Crippen LogP contribution in [0.5, 0.6) is 0 Å². The van der Waals surface area contributed by atoms with Crippen molar-refractivity contribution in [3.8, 4) is 0 Å². The van der Waals surface area contributed by atoms with E-state index in [1.807, 2.05) is 13.1 Å². The Labute approximate surface area is 149 Å². The van der Waals surface area contributed by atoms with Gasteiger partial charge in [-0.3, -0.25) is 9.89 Å². The zero-order chi connectivity index (χ0) is 14.5. The molecule has 3 rings (SSSR count). The molecule has 0 atom stereocenters. The quantitative estimate of drug-likeness (QED) is 0.458. The molecule has 1 aliphatic carbocycles. The van der Waals surface area contributed by atoms with E-state index in [1.54, 1.807) is 6.26 Å². The SMILES string of the molecule is CN=C(NCC1CCC1)N1CCN(Cc2ccon2)CC1.I. The van der Waals surface area contributed by atoms with Crippen LogP contribution in [0.1, 0.15) is 25.0 Å². The molecule has 0 spiro atoms. The minimum atomic E-state index is 0. The molecule has 0 unspecified atom stereocenters. The highest BCUT2D eigenvalue weighted by atomic mass is 127. The molecule has 0 aromatic carbocycles. The van der Waals surface area contributed by atoms with E-state index in [1.165, 1.54) is 19.3 Å². The van der Waals surface area contributed by atoms with Crippen LogP contribution < -0.4 is 5.32 Å². The normalized spacial score (nSPS) is 20.4. The van der Waals surface area contributed by atoms with Crippen molar-refractivity contribution in [2.45, 2.75) is 25.8 Å². The number of nitrogens with zero attached hydrogens (tertiary/aromatic N) is 4. The molecule has 2 fully saturated rings. The van der Waals surface area contributed by atoms with Crippen LogP contribution in [0, 0.1) is 5.92 Å². The molecule has 124 valence electrons. The predicted molar refractivity (Wildman–Crippen MR) is 97.5 cm³/mol. The molecule has 6 nitrogen and oxygen atoms in total. The first-order valence-corrected chi connectivity index (χ1v) is 7.92. The van der Waals surface area contributed by atoms with E-state index in [-0.39, 0.29) is 24.0 Å². The fourth-order valence-corrected chi connectivity index (χ4v) is 2.93. The molecule has 0 amide bonds. The monoisotopic (exact) mass is 419 g/mol. The van der Waals surface area contributed by atoms with Crippen molar-refractivity contribution in [1.29, 1.82) is 0 Å². The lowest BCUT2D eigenvalue weighted by Crippen LogP contribution is -2.53. The molecule has 1 aliphatic heterocycles. The van der Waals surface area contributed by atoms with Gasteiger partial charge in [-0.2, -0.15) is 0 Å². The molecule has 1 aromatic rings. The van der Waals surface area contributed by atoms with Crippen molar-refractivity contribution in [3.05, 3.63) is 18.0 Å². The molecule has 7 heteroatoms. The summed E-state index contributed by atoms with van der Waals surface area (Å²) in [6, 6.07) is 1.94. The number of aliphatic imine (C=N–C) groups is 1. The third-order valence-corrected chi connectivity index (χ3v) is 4.53. The average molecular weight is 419 g/mol. The second-order valence-electron chi connectivity index (χ2n) is 5.98. The van der Waals surface area contributed by atoms with Gasteiger partial charge in [0.1, 0.15) is 6.26 Å². The Hall–Kier alpha value is -0.830. The number of rotatable bonds is 4. The van der Waals surface area contributed by atoms with Gasteiger partial charge in [0.05, 0.1) is 5.69 Å². The molecule has 1 aromatic heterocycles. The summed E-state index contributed by atoms with van der Waals surface area (Å²) in [6.45, 7) is 6.06. The lowest BCUT2D eigenvalue weighted by molar-refractivity contribution is 0.168. The molecule has 0 bridgehead atoms. The zero-order valence-electron chi connectivity index (χ0n) is 13.2. The largest absolute Gasteiger partial charge is 0.364 e. The predicted octanol–water partition coefficient (Wildman–Crippen LogP) is 1.79. The molecule has 22 heavy (non-hydrogen) atoms. The van der Waals surface area contributed by atoms with Gasteiger partial charge in [-0.15, -0.1) is 24.0 Å². The standard InChI is InChI=1S/C15H25N5O.HI/c1-16-15(17-11-13-3-2-4-13)20-8-6-19(7-9-20)12-14-5-10-21-18-14;/h5,10,13H,2-4,6-9,11-12H2,1H3,(H,16,17);1H. The van der Waals surface area contributed by atoms with E-state index < -0.39 is 0 Å². The third kappa shape index (κ3) is 4.58. The second kappa shape index (κ2) is 8.71. The number of hydrogen-bond donors (Lipinski definition) is 1. The Morgan fingerprint density at radius 1 is 1.36 bits per heavy atom. The van der Waals surface area contributed by atoms with Gasteiger partial charge < -0.3 is 14.7 Å². The van der Waals surface area contributed by atoms with Crippen LogP contribution in [-0.2, 0) is 6.54 Å². The molecule has 1 saturated heterocycles. The summed E-state index contributed by atoms with van der Waals surface area (Å²) < 4.78 is 4.89. The van der Waals surface area contributed by atoms with Crippen molar-refractivity contribution < 1.29 is 4.52 Å². The Morgan fingerprint density at radius 2 is 2.14 bits per heavy atom. The molecular formula is C15H26IN5O. The van der Waals surface area contributed by atoms with Crippen LogP contribution in [0.3, 0.4) is 0 Å². The number of aromatic nitrogens is 1. The lowest BCUT2D eigenvalue weighted by Gasteiger charge is -2.37. The molecule has 2 aliphatic rings. The molecular weight excluding hydrogens is 393 g/mol. The fourth-order valence-electron chi connectivity index (χ4n) is 2.93. The van der Waals surface area contributed by atoms with Crippen molar-refractivity contribution in [2.24, 2.45) is 10.9 Å². The van der Waals surface area contributed by atoms with Crippen molar-refractivity contribution >= 4 is 29.9 Å². The van der Waals surface area contributed by atoms with E-state index in [0.29, 0.717) is 0 Å². The van der Waals surface area contributed by atoms with E-state index in [0.717, 1.165) is 56.8 Å². The fraction of sp³-hybridized carbons (Fsp3) is 0.733. The van der Waals surface area contributed by atoms with Gasteiger partial charge in [-0.1, -0.05) is 11.6 Å². The van der Waals surface area contributed by atoms with Crippen LogP contribution in [0.15, 0.2) is 21.8 Å². The number of guanidine groups is 1. The Morgan fingerprint density at radius 3 is 2.68 bits per heavy atom. The van der Waals surface area contributed by atoms with Gasteiger partial charge in [0.25, 0.3) is 0 Å². The van der Waals surface area contributed by atoms with E-state index in [4.69, 9.17) is 4.52 Å². The highest BCUT2D eigenvalue weighted by Crippen LogP contribution is 2.25. The van der Waals surface area contributed by atoms with Gasteiger partial charge in [-0.25, -0.2) is 0 Å². The number of halogens is 1. The first-order chi connectivity index (χ1) is 10.3. The first-order valence-electron chi connectivity index (χ1n) is 7.92. The van der Waals surface area contributed by atoms with Crippen molar-refractivity contribution in [2.75, 3.05) is 39.8 Å². The minimum Gasteiger partial charge on any atom is -0.364 e. The molecule has 1 saturated carbocycles. The Bertz CT molecular complexity index is 453. The summed E-state index contributed by atoms with van der Waals surface area (Å²) in [5.41, 5.74) is 1.01. The number of hydrogen-bond acceptors (Lipinski definition) is 4. The smallest absolute Gasteiger partial charge is 0.193 e. The molecule has 2 heterocycles. The van der Waals surface area contributed by atoms with Crippen molar-refractivity contribution in [3.63, 3.8) is 0 Å². The maximum atomic E-state index is 4.89. The maximum absolute atomic E-state index is 4.89. The molecule has 1 N–H and O–H groups in total. The summed E-state index contributed by atoms with van der Waals surface area (Å²) in [4.78, 5) is 9.20.